The van der Waals surface area contributed by atoms with Gasteiger partial charge in [0.1, 0.15) is 5.75 Å². The molecule has 1 saturated carbocycles. The summed E-state index contributed by atoms with van der Waals surface area (Å²) in [5, 5.41) is 0. The topological polar surface area (TPSA) is 22.1 Å². The number of ether oxygens (including phenoxy) is 1. The minimum Gasteiger partial charge on any atom is -0.491 e. The number of nitrogens with zero attached hydrogens (tertiary/aromatic N) is 1. The van der Waals surface area contributed by atoms with E-state index in [9.17, 15) is 0 Å². The standard InChI is InChI=1S/C12H17NO/c1-9(2)12-11(4-3-7-13-12)14-8-10-5-6-10/h3-4,7,9-10H,5-6,8H2,1-2H3. The number of pyridine rings is 1. The van der Waals surface area contributed by atoms with E-state index in [1.807, 2.05) is 18.3 Å². The van der Waals surface area contributed by atoms with E-state index < -0.39 is 0 Å². The van der Waals surface area contributed by atoms with Gasteiger partial charge in [0.25, 0.3) is 0 Å². The van der Waals surface area contributed by atoms with E-state index in [0.717, 1.165) is 24.0 Å². The summed E-state index contributed by atoms with van der Waals surface area (Å²) in [4.78, 5) is 4.35. The number of hydrogen-bond acceptors (Lipinski definition) is 2. The first-order valence-electron chi connectivity index (χ1n) is 5.35. The van der Waals surface area contributed by atoms with Crippen molar-refractivity contribution in [2.75, 3.05) is 6.61 Å². The molecule has 1 fully saturated rings. The molecule has 0 unspecified atom stereocenters. The highest BCUT2D eigenvalue weighted by Gasteiger charge is 2.22. The van der Waals surface area contributed by atoms with Crippen molar-refractivity contribution < 1.29 is 4.74 Å². The first-order chi connectivity index (χ1) is 6.77. The summed E-state index contributed by atoms with van der Waals surface area (Å²) in [5.74, 6) is 2.20. The van der Waals surface area contributed by atoms with Crippen LogP contribution in [0.25, 0.3) is 0 Å². The third-order valence-electron chi connectivity index (χ3n) is 2.52. The second-order valence-corrected chi connectivity index (χ2v) is 4.30. The summed E-state index contributed by atoms with van der Waals surface area (Å²) in [6.45, 7) is 5.16. The van der Waals surface area contributed by atoms with Crippen molar-refractivity contribution in [3.05, 3.63) is 24.0 Å². The predicted molar refractivity (Wildman–Crippen MR) is 56.5 cm³/mol. The third-order valence-corrected chi connectivity index (χ3v) is 2.52. The normalized spacial score (nSPS) is 15.9. The van der Waals surface area contributed by atoms with Crippen LogP contribution >= 0.6 is 0 Å². The summed E-state index contributed by atoms with van der Waals surface area (Å²) in [7, 11) is 0. The first-order valence-corrected chi connectivity index (χ1v) is 5.35. The van der Waals surface area contributed by atoms with Gasteiger partial charge < -0.3 is 4.74 Å². The van der Waals surface area contributed by atoms with E-state index in [-0.39, 0.29) is 0 Å². The Bertz CT molecular complexity index is 305. The Labute approximate surface area is 85.3 Å². The SMILES string of the molecule is CC(C)c1ncccc1OCC1CC1. The molecule has 0 aromatic carbocycles. The van der Waals surface area contributed by atoms with Crippen molar-refractivity contribution in [2.24, 2.45) is 5.92 Å². The molecule has 1 heterocycles. The van der Waals surface area contributed by atoms with Crippen LogP contribution in [0, 0.1) is 5.92 Å². The van der Waals surface area contributed by atoms with Crippen molar-refractivity contribution >= 4 is 0 Å². The lowest BCUT2D eigenvalue weighted by atomic mass is 10.1. The van der Waals surface area contributed by atoms with Gasteiger partial charge in [0.05, 0.1) is 12.3 Å². The molecular weight excluding hydrogens is 174 g/mol. The van der Waals surface area contributed by atoms with E-state index in [2.05, 4.69) is 18.8 Å². The van der Waals surface area contributed by atoms with Crippen molar-refractivity contribution in [3.63, 3.8) is 0 Å². The summed E-state index contributed by atoms with van der Waals surface area (Å²) in [6.07, 6.45) is 4.49. The molecule has 76 valence electrons. The molecule has 0 atom stereocenters. The molecule has 14 heavy (non-hydrogen) atoms. The monoisotopic (exact) mass is 191 g/mol. The molecule has 0 aliphatic heterocycles. The van der Waals surface area contributed by atoms with Crippen LogP contribution in [0.4, 0.5) is 0 Å². The van der Waals surface area contributed by atoms with Crippen LogP contribution in [0.15, 0.2) is 18.3 Å². The van der Waals surface area contributed by atoms with Gasteiger partial charge in [-0.3, -0.25) is 4.98 Å². The molecule has 1 aromatic rings. The fraction of sp³-hybridized carbons (Fsp3) is 0.583. The number of hydrogen-bond donors (Lipinski definition) is 0. The smallest absolute Gasteiger partial charge is 0.141 e. The molecule has 0 bridgehead atoms. The van der Waals surface area contributed by atoms with Crippen molar-refractivity contribution in [1.29, 1.82) is 0 Å². The molecule has 1 aliphatic rings. The van der Waals surface area contributed by atoms with Crippen LogP contribution in [0.5, 0.6) is 5.75 Å². The van der Waals surface area contributed by atoms with Gasteiger partial charge in [0, 0.05) is 6.20 Å². The molecule has 2 heteroatoms. The summed E-state index contributed by atoms with van der Waals surface area (Å²) >= 11 is 0. The lowest BCUT2D eigenvalue weighted by molar-refractivity contribution is 0.294. The number of aromatic nitrogens is 1. The molecule has 0 amide bonds. The maximum absolute atomic E-state index is 5.76. The fourth-order valence-corrected chi connectivity index (χ4v) is 1.45. The summed E-state index contributed by atoms with van der Waals surface area (Å²) in [6, 6.07) is 3.96. The van der Waals surface area contributed by atoms with Gasteiger partial charge in [0.2, 0.25) is 0 Å². The van der Waals surface area contributed by atoms with Gasteiger partial charge in [-0.25, -0.2) is 0 Å². The quantitative estimate of drug-likeness (QED) is 0.730. The second-order valence-electron chi connectivity index (χ2n) is 4.30. The highest BCUT2D eigenvalue weighted by atomic mass is 16.5. The van der Waals surface area contributed by atoms with Crippen LogP contribution in [0.1, 0.15) is 38.3 Å². The Morgan fingerprint density at radius 1 is 1.50 bits per heavy atom. The summed E-state index contributed by atoms with van der Waals surface area (Å²) in [5.41, 5.74) is 1.08. The Kier molecular flexibility index (Phi) is 2.71. The van der Waals surface area contributed by atoms with Crippen LogP contribution in [-0.4, -0.2) is 11.6 Å². The molecule has 1 aromatic heterocycles. The van der Waals surface area contributed by atoms with Crippen molar-refractivity contribution in [1.82, 2.24) is 4.98 Å². The molecule has 0 saturated heterocycles. The Balaban J connectivity index is 2.05. The fourth-order valence-electron chi connectivity index (χ4n) is 1.45. The van der Waals surface area contributed by atoms with Crippen molar-refractivity contribution in [3.8, 4) is 5.75 Å². The highest BCUT2D eigenvalue weighted by Crippen LogP contribution is 2.31. The molecular formula is C12H17NO. The molecule has 0 N–H and O–H groups in total. The first kappa shape index (κ1) is 9.50. The lowest BCUT2D eigenvalue weighted by Gasteiger charge is -2.11. The minimum absolute atomic E-state index is 0.436. The van der Waals surface area contributed by atoms with Gasteiger partial charge in [-0.1, -0.05) is 13.8 Å². The predicted octanol–water partition coefficient (Wildman–Crippen LogP) is 2.99. The Morgan fingerprint density at radius 3 is 2.93 bits per heavy atom. The minimum atomic E-state index is 0.436. The molecule has 2 nitrogen and oxygen atoms in total. The van der Waals surface area contributed by atoms with Gasteiger partial charge in [-0.2, -0.15) is 0 Å². The van der Waals surface area contributed by atoms with Gasteiger partial charge in [-0.05, 0) is 36.8 Å². The van der Waals surface area contributed by atoms with Gasteiger partial charge >= 0.3 is 0 Å². The van der Waals surface area contributed by atoms with Crippen LogP contribution in [0.2, 0.25) is 0 Å². The largest absolute Gasteiger partial charge is 0.491 e. The second kappa shape index (κ2) is 3.99. The van der Waals surface area contributed by atoms with Gasteiger partial charge in [-0.15, -0.1) is 0 Å². The zero-order valence-electron chi connectivity index (χ0n) is 8.86. The Morgan fingerprint density at radius 2 is 2.29 bits per heavy atom. The van der Waals surface area contributed by atoms with Gasteiger partial charge in [0.15, 0.2) is 0 Å². The highest BCUT2D eigenvalue weighted by molar-refractivity contribution is 5.29. The number of rotatable bonds is 4. The maximum Gasteiger partial charge on any atom is 0.141 e. The summed E-state index contributed by atoms with van der Waals surface area (Å²) < 4.78 is 5.76. The van der Waals surface area contributed by atoms with E-state index in [1.54, 1.807) is 0 Å². The Hall–Kier alpha value is -1.05. The third kappa shape index (κ3) is 2.25. The average molecular weight is 191 g/mol. The molecule has 1 aliphatic carbocycles. The van der Waals surface area contributed by atoms with E-state index in [1.165, 1.54) is 12.8 Å². The molecule has 2 rings (SSSR count). The van der Waals surface area contributed by atoms with Crippen LogP contribution in [-0.2, 0) is 0 Å². The zero-order valence-corrected chi connectivity index (χ0v) is 8.86. The van der Waals surface area contributed by atoms with E-state index in [0.29, 0.717) is 5.92 Å². The maximum atomic E-state index is 5.76. The lowest BCUT2D eigenvalue weighted by Crippen LogP contribution is -2.03. The molecule has 0 spiro atoms. The zero-order chi connectivity index (χ0) is 9.97. The molecule has 0 radical (unpaired) electrons. The van der Waals surface area contributed by atoms with E-state index in [4.69, 9.17) is 4.74 Å². The van der Waals surface area contributed by atoms with Crippen LogP contribution < -0.4 is 4.74 Å². The average Bonchev–Trinajstić information content (AvgIpc) is 2.98. The van der Waals surface area contributed by atoms with Crippen molar-refractivity contribution in [2.45, 2.75) is 32.6 Å². The van der Waals surface area contributed by atoms with Crippen LogP contribution in [0.3, 0.4) is 0 Å². The van der Waals surface area contributed by atoms with E-state index >= 15 is 0 Å².